The van der Waals surface area contributed by atoms with Crippen LogP contribution in [0, 0.1) is 0 Å². The highest BCUT2D eigenvalue weighted by Crippen LogP contribution is 2.59. The van der Waals surface area contributed by atoms with Crippen LogP contribution in [0.3, 0.4) is 0 Å². The molecule has 9 nitrogen and oxygen atoms in total. The molecule has 5 aliphatic rings. The van der Waals surface area contributed by atoms with Gasteiger partial charge in [-0.25, -0.2) is 44.9 Å². The maximum atomic E-state index is 5.16. The van der Waals surface area contributed by atoms with Crippen molar-refractivity contribution in [2.45, 2.75) is 76.0 Å². The highest BCUT2D eigenvalue weighted by atomic mass is 15.1. The molecular weight excluding hydrogens is 1750 g/mol. The molecule has 0 radical (unpaired) electrons. The topological polar surface area (TPSA) is 116 Å². The molecule has 1 spiro atoms. The molecule has 1 fully saturated rings. The van der Waals surface area contributed by atoms with E-state index < -0.39 is 0 Å². The fourth-order valence-electron chi connectivity index (χ4n) is 22.7. The van der Waals surface area contributed by atoms with Crippen molar-refractivity contribution >= 4 is 0 Å². The lowest BCUT2D eigenvalue weighted by Gasteiger charge is -2.27. The molecule has 0 saturated heterocycles. The van der Waals surface area contributed by atoms with E-state index >= 15 is 0 Å². The molecule has 0 amide bonds. The molecule has 0 atom stereocenters. The predicted octanol–water partition coefficient (Wildman–Crippen LogP) is 33.6. The molecule has 22 aromatic rings. The van der Waals surface area contributed by atoms with Crippen LogP contribution < -0.4 is 0 Å². The maximum Gasteiger partial charge on any atom is 0.164 e. The van der Waals surface area contributed by atoms with E-state index in [0.29, 0.717) is 52.4 Å². The van der Waals surface area contributed by atoms with Crippen molar-refractivity contribution in [2.24, 2.45) is 0 Å². The van der Waals surface area contributed by atoms with E-state index in [1.54, 1.807) is 0 Å². The highest BCUT2D eigenvalue weighted by Gasteiger charge is 2.45. The van der Waals surface area contributed by atoms with E-state index in [4.69, 9.17) is 44.9 Å². The third kappa shape index (κ3) is 16.3. The molecule has 3 heterocycles. The Hall–Kier alpha value is -17.8. The van der Waals surface area contributed by atoms with Gasteiger partial charge >= 0.3 is 0 Å². The molecule has 0 unspecified atom stereocenters. The number of hydrogen-bond donors (Lipinski definition) is 0. The van der Waals surface area contributed by atoms with Crippen LogP contribution in [-0.2, 0) is 22.7 Å². The number of nitrogens with zero attached hydrogens (tertiary/aromatic N) is 9. The number of rotatable bonds is 15. The second-order valence-electron chi connectivity index (χ2n) is 39.4. The van der Waals surface area contributed by atoms with Gasteiger partial charge < -0.3 is 0 Å². The first kappa shape index (κ1) is 87.7. The van der Waals surface area contributed by atoms with Gasteiger partial charge in [0.2, 0.25) is 0 Å². The minimum atomic E-state index is -0.0994. The SMILES string of the molecule is CC1(C)c2ccccc2-c2ccc(-c3cc(-c4ccccc4)cc(-c4nc(-c5ccccc5)nc(-c5ccccc5)n4)c3)cc21.CC1(C)c2ccccc2-c2ccc(-c3cc(-c4nc(-c5ccccc5)nc(-c5ccccc5)n4)cc(-c4cccc5c4Cc4ccccc4-5)c3)cc21.c1ccc(-c2cc(-c3ccc4c(c3)C3(CCCC3)c3ccccc3-4)cc(-c3nc(-c4ccccc4)nc(-c4ccccc4)n3)c2)cc1. The van der Waals surface area contributed by atoms with Crippen molar-refractivity contribution < 1.29 is 0 Å². The zero-order valence-corrected chi connectivity index (χ0v) is 80.5. The summed E-state index contributed by atoms with van der Waals surface area (Å²) in [7, 11) is 0. The van der Waals surface area contributed by atoms with E-state index in [0.717, 1.165) is 101 Å². The Bertz CT molecular complexity index is 8510. The first-order chi connectivity index (χ1) is 70.8. The van der Waals surface area contributed by atoms with Gasteiger partial charge in [0, 0.05) is 66.3 Å². The highest BCUT2D eigenvalue weighted by molar-refractivity contribution is 5.93. The third-order valence-electron chi connectivity index (χ3n) is 29.9. The minimum absolute atomic E-state index is 0.0782. The molecule has 0 aliphatic heterocycles. The standard InChI is InChI=1S/C49H35N3.C44H33N3.C42H31N3/c1-49(2)44-23-12-11-20-41(44)42-25-24-33(30-45(42)49)35-26-36(39-21-13-22-40-38-19-10-9-18-34(38)29-43(39)40)28-37(27-35)48-51-46(31-14-5-3-6-15-31)50-47(52-48)32-16-7-4-8-17-32;1-4-14-30(15-5-1)34-26-35(33-22-23-38-37-20-10-11-21-39(37)44(40(38)29-33)24-12-13-25-44)28-36(27-34)43-46-41(31-16-6-2-7-17-31)45-42(47-43)32-18-8-3-9-19-32;1-42(2)37-21-13-12-20-35(37)36-23-22-31(27-38(36)42)33-24-32(28-14-6-3-7-15-28)25-34(26-33)41-44-39(29-16-8-4-9-17-29)43-40(45-41)30-18-10-5-11-19-30/h3-28,30H,29H2,1-2H3;1-11,14-23,26-29H,12-13,24-25H2;3-27H,1-2H3. The molecule has 684 valence electrons. The van der Waals surface area contributed by atoms with Gasteiger partial charge in [-0.3, -0.25) is 0 Å². The monoisotopic (exact) mass is 1850 g/mol. The van der Waals surface area contributed by atoms with Crippen LogP contribution in [-0.4, -0.2) is 44.9 Å². The molecule has 0 bridgehead atoms. The summed E-state index contributed by atoms with van der Waals surface area (Å²) in [6.07, 6.45) is 5.89. The lowest BCUT2D eigenvalue weighted by Crippen LogP contribution is -2.20. The van der Waals surface area contributed by atoms with Crippen molar-refractivity contribution in [3.8, 4) is 214 Å². The van der Waals surface area contributed by atoms with Crippen LogP contribution in [0.1, 0.15) is 97.9 Å². The average molecular weight is 1850 g/mol. The summed E-state index contributed by atoms with van der Waals surface area (Å²) in [4.78, 5) is 45.4. The van der Waals surface area contributed by atoms with Crippen molar-refractivity contribution in [3.63, 3.8) is 0 Å². The van der Waals surface area contributed by atoms with Crippen LogP contribution in [0.25, 0.3) is 214 Å². The molecule has 9 heteroatoms. The van der Waals surface area contributed by atoms with E-state index in [2.05, 4.69) is 361 Å². The average Bonchev–Trinajstić information content (AvgIpc) is 1.55. The Morgan fingerprint density at radius 2 is 0.389 bits per heavy atom. The zero-order valence-electron chi connectivity index (χ0n) is 80.5. The lowest BCUT2D eigenvalue weighted by atomic mass is 9.76. The number of aromatic nitrogens is 9. The first-order valence-corrected chi connectivity index (χ1v) is 49.9. The van der Waals surface area contributed by atoms with Crippen LogP contribution >= 0.6 is 0 Å². The van der Waals surface area contributed by atoms with Gasteiger partial charge in [0.15, 0.2) is 52.4 Å². The Kier molecular flexibility index (Phi) is 22.4. The number of hydrogen-bond acceptors (Lipinski definition) is 9. The molecule has 3 aromatic heterocycles. The van der Waals surface area contributed by atoms with E-state index in [1.807, 2.05) is 133 Å². The van der Waals surface area contributed by atoms with Crippen LogP contribution in [0.2, 0.25) is 0 Å². The molecule has 0 N–H and O–H groups in total. The minimum Gasteiger partial charge on any atom is -0.208 e. The summed E-state index contributed by atoms with van der Waals surface area (Å²) < 4.78 is 0. The fourth-order valence-corrected chi connectivity index (χ4v) is 22.7. The van der Waals surface area contributed by atoms with Crippen LogP contribution in [0.4, 0.5) is 0 Å². The molecule has 144 heavy (non-hydrogen) atoms. The van der Waals surface area contributed by atoms with Gasteiger partial charge in [-0.15, -0.1) is 0 Å². The Morgan fingerprint density at radius 3 is 0.743 bits per heavy atom. The molecular formula is C135H99N9. The third-order valence-corrected chi connectivity index (χ3v) is 29.9. The molecule has 1 saturated carbocycles. The van der Waals surface area contributed by atoms with Crippen LogP contribution in [0.5, 0.6) is 0 Å². The fraction of sp³-hybridized carbons (Fsp3) is 0.0889. The summed E-state index contributed by atoms with van der Waals surface area (Å²) in [6, 6.07) is 166. The van der Waals surface area contributed by atoms with Crippen molar-refractivity contribution in [1.82, 2.24) is 44.9 Å². The number of fused-ring (bicyclic) bond motifs is 14. The van der Waals surface area contributed by atoms with Crippen molar-refractivity contribution in [3.05, 3.63) is 512 Å². The normalized spacial score (nSPS) is 13.4. The second kappa shape index (κ2) is 36.8. The molecule has 19 aromatic carbocycles. The van der Waals surface area contributed by atoms with Gasteiger partial charge in [-0.2, -0.15) is 0 Å². The number of benzene rings is 19. The van der Waals surface area contributed by atoms with Gasteiger partial charge in [-0.1, -0.05) is 435 Å². The Labute approximate surface area is 840 Å². The Balaban J connectivity index is 0.000000113. The van der Waals surface area contributed by atoms with Gasteiger partial charge in [0.05, 0.1) is 0 Å². The zero-order chi connectivity index (χ0) is 96.4. The summed E-state index contributed by atoms with van der Waals surface area (Å²) in [5, 5.41) is 0. The summed E-state index contributed by atoms with van der Waals surface area (Å²) in [6.45, 7) is 9.34. The summed E-state index contributed by atoms with van der Waals surface area (Å²) in [5.41, 5.74) is 44.5. The van der Waals surface area contributed by atoms with E-state index in [-0.39, 0.29) is 16.2 Å². The first-order valence-electron chi connectivity index (χ1n) is 49.9. The van der Waals surface area contributed by atoms with Gasteiger partial charge in [-0.05, 0) is 248 Å². The maximum absolute atomic E-state index is 5.16. The Morgan fingerprint density at radius 1 is 0.153 bits per heavy atom. The van der Waals surface area contributed by atoms with Gasteiger partial charge in [0.1, 0.15) is 0 Å². The molecule has 27 rings (SSSR count). The largest absolute Gasteiger partial charge is 0.208 e. The van der Waals surface area contributed by atoms with Crippen molar-refractivity contribution in [1.29, 1.82) is 0 Å². The summed E-state index contributed by atoms with van der Waals surface area (Å²) in [5.74, 6) is 5.92. The van der Waals surface area contributed by atoms with Gasteiger partial charge in [0.25, 0.3) is 0 Å². The summed E-state index contributed by atoms with van der Waals surface area (Å²) >= 11 is 0. The lowest BCUT2D eigenvalue weighted by molar-refractivity contribution is 0.550. The molecule has 5 aliphatic carbocycles. The second-order valence-corrected chi connectivity index (χ2v) is 39.4. The van der Waals surface area contributed by atoms with Crippen LogP contribution in [0.15, 0.2) is 467 Å². The quantitative estimate of drug-likeness (QED) is 0.0989. The van der Waals surface area contributed by atoms with E-state index in [9.17, 15) is 0 Å². The van der Waals surface area contributed by atoms with E-state index in [1.165, 1.54) is 137 Å². The smallest absolute Gasteiger partial charge is 0.164 e. The van der Waals surface area contributed by atoms with Crippen molar-refractivity contribution in [2.75, 3.05) is 0 Å². The predicted molar refractivity (Wildman–Crippen MR) is 589 cm³/mol.